The summed E-state index contributed by atoms with van der Waals surface area (Å²) in [5.41, 5.74) is -0.527. The number of nitrogens with one attached hydrogen (secondary N) is 2. The molecule has 0 radical (unpaired) electrons. The van der Waals surface area contributed by atoms with Crippen molar-refractivity contribution in [1.82, 2.24) is 14.3 Å². The fraction of sp³-hybridized carbons (Fsp3) is 0.929. The highest BCUT2D eigenvalue weighted by Crippen LogP contribution is 2.21. The van der Waals surface area contributed by atoms with Gasteiger partial charge in [-0.15, -0.1) is 0 Å². The first-order valence-corrected chi connectivity index (χ1v) is 9.37. The summed E-state index contributed by atoms with van der Waals surface area (Å²) in [5, 5.41) is 2.81. The molecule has 2 fully saturated rings. The molecule has 2 N–H and O–H groups in total. The molecule has 1 saturated heterocycles. The zero-order valence-corrected chi connectivity index (χ0v) is 14.4. The van der Waals surface area contributed by atoms with Crippen LogP contribution in [-0.4, -0.2) is 49.6 Å². The minimum Gasteiger partial charge on any atom is -0.444 e. The van der Waals surface area contributed by atoms with Crippen molar-refractivity contribution in [3.63, 3.8) is 0 Å². The predicted molar refractivity (Wildman–Crippen MR) is 83.7 cm³/mol. The minimum atomic E-state index is -3.38. The van der Waals surface area contributed by atoms with E-state index in [2.05, 4.69) is 10.0 Å². The van der Waals surface area contributed by atoms with Crippen LogP contribution in [0.1, 0.15) is 52.9 Å². The number of hydrogen-bond acceptors (Lipinski definition) is 4. The predicted octanol–water partition coefficient (Wildman–Crippen LogP) is 1.36. The van der Waals surface area contributed by atoms with E-state index in [0.717, 1.165) is 19.3 Å². The van der Waals surface area contributed by atoms with Crippen LogP contribution < -0.4 is 10.0 Å². The third-order valence-electron chi connectivity index (χ3n) is 3.94. The van der Waals surface area contributed by atoms with E-state index < -0.39 is 21.9 Å². The maximum absolute atomic E-state index is 12.2. The molecular formula is C14H27N3O4S. The third-order valence-corrected chi connectivity index (χ3v) is 5.61. The number of piperidine rings is 1. The SMILES string of the molecule is CC(C)(C)OC(=O)NC1CCN(S(=O)(=O)NC2CCC2)CC1. The van der Waals surface area contributed by atoms with E-state index in [1.165, 1.54) is 4.31 Å². The number of rotatable bonds is 4. The van der Waals surface area contributed by atoms with Gasteiger partial charge in [0.05, 0.1) is 0 Å². The lowest BCUT2D eigenvalue weighted by Crippen LogP contribution is -2.52. The molecule has 0 bridgehead atoms. The van der Waals surface area contributed by atoms with Crippen molar-refractivity contribution >= 4 is 16.3 Å². The Balaban J connectivity index is 1.76. The van der Waals surface area contributed by atoms with Gasteiger partial charge in [-0.2, -0.15) is 17.4 Å². The van der Waals surface area contributed by atoms with E-state index in [4.69, 9.17) is 4.74 Å². The van der Waals surface area contributed by atoms with E-state index in [-0.39, 0.29) is 12.1 Å². The molecule has 1 aliphatic heterocycles. The van der Waals surface area contributed by atoms with Gasteiger partial charge in [-0.1, -0.05) is 6.42 Å². The zero-order valence-electron chi connectivity index (χ0n) is 13.6. The van der Waals surface area contributed by atoms with Crippen LogP contribution in [0.5, 0.6) is 0 Å². The van der Waals surface area contributed by atoms with Gasteiger partial charge in [0, 0.05) is 25.2 Å². The van der Waals surface area contributed by atoms with Crippen molar-refractivity contribution < 1.29 is 17.9 Å². The zero-order chi connectivity index (χ0) is 16.4. The molecule has 0 unspecified atom stereocenters. The summed E-state index contributed by atoms with van der Waals surface area (Å²) in [6.07, 6.45) is 3.71. The Bertz CT molecular complexity index is 489. The van der Waals surface area contributed by atoms with Gasteiger partial charge in [-0.05, 0) is 46.5 Å². The number of alkyl carbamates (subject to hydrolysis) is 1. The lowest BCUT2D eigenvalue weighted by molar-refractivity contribution is 0.0489. The second-order valence-corrected chi connectivity index (χ2v) is 8.77. The summed E-state index contributed by atoms with van der Waals surface area (Å²) < 4.78 is 33.8. The lowest BCUT2D eigenvalue weighted by atomic mass is 9.94. The summed E-state index contributed by atoms with van der Waals surface area (Å²) >= 11 is 0. The number of carbonyl (C=O) groups is 1. The number of ether oxygens (including phenoxy) is 1. The Kier molecular flexibility index (Phi) is 5.34. The molecule has 1 saturated carbocycles. The van der Waals surface area contributed by atoms with E-state index in [9.17, 15) is 13.2 Å². The molecule has 0 aromatic heterocycles. The van der Waals surface area contributed by atoms with E-state index in [0.29, 0.717) is 25.9 Å². The second-order valence-electron chi connectivity index (χ2n) is 7.07. The van der Waals surface area contributed by atoms with Crippen LogP contribution in [0, 0.1) is 0 Å². The van der Waals surface area contributed by atoms with Gasteiger partial charge in [0.25, 0.3) is 10.2 Å². The molecule has 0 atom stereocenters. The Morgan fingerprint density at radius 2 is 1.68 bits per heavy atom. The number of hydrogen-bond donors (Lipinski definition) is 2. The first-order chi connectivity index (χ1) is 10.2. The van der Waals surface area contributed by atoms with Crippen LogP contribution in [0.25, 0.3) is 0 Å². The van der Waals surface area contributed by atoms with Crippen molar-refractivity contribution in [2.45, 2.75) is 70.6 Å². The van der Waals surface area contributed by atoms with Crippen molar-refractivity contribution in [2.24, 2.45) is 0 Å². The van der Waals surface area contributed by atoms with Gasteiger partial charge in [0.15, 0.2) is 0 Å². The second kappa shape index (κ2) is 6.72. The first-order valence-electron chi connectivity index (χ1n) is 7.93. The Hall–Kier alpha value is -0.860. The van der Waals surface area contributed by atoms with E-state index >= 15 is 0 Å². The molecule has 1 aliphatic carbocycles. The highest BCUT2D eigenvalue weighted by atomic mass is 32.2. The largest absolute Gasteiger partial charge is 0.444 e. The van der Waals surface area contributed by atoms with Crippen molar-refractivity contribution in [2.75, 3.05) is 13.1 Å². The van der Waals surface area contributed by atoms with Crippen molar-refractivity contribution in [3.05, 3.63) is 0 Å². The summed E-state index contributed by atoms with van der Waals surface area (Å²) in [7, 11) is -3.38. The highest BCUT2D eigenvalue weighted by molar-refractivity contribution is 7.87. The lowest BCUT2D eigenvalue weighted by Gasteiger charge is -2.34. The molecule has 0 aromatic rings. The molecular weight excluding hydrogens is 306 g/mol. The molecule has 128 valence electrons. The standard InChI is InChI=1S/C14H27N3O4S/c1-14(2,3)21-13(18)15-11-7-9-17(10-8-11)22(19,20)16-12-5-4-6-12/h11-12,16H,4-10H2,1-3H3,(H,15,18). The number of amides is 1. The average Bonchev–Trinajstić information content (AvgIpc) is 2.32. The van der Waals surface area contributed by atoms with Crippen molar-refractivity contribution in [1.29, 1.82) is 0 Å². The van der Waals surface area contributed by atoms with E-state index in [1.807, 2.05) is 20.8 Å². The quantitative estimate of drug-likeness (QED) is 0.813. The first kappa shape index (κ1) is 17.5. The number of nitrogens with zero attached hydrogens (tertiary/aromatic N) is 1. The third kappa shape index (κ3) is 5.10. The van der Waals surface area contributed by atoms with E-state index in [1.54, 1.807) is 0 Å². The van der Waals surface area contributed by atoms with Crippen LogP contribution in [0.3, 0.4) is 0 Å². The van der Waals surface area contributed by atoms with Crippen LogP contribution in [0.15, 0.2) is 0 Å². The molecule has 0 aromatic carbocycles. The van der Waals surface area contributed by atoms with Crippen LogP contribution in [0.4, 0.5) is 4.79 Å². The van der Waals surface area contributed by atoms with Crippen molar-refractivity contribution in [3.8, 4) is 0 Å². The normalized spacial score (nSPS) is 22.1. The Labute approximate surface area is 133 Å². The van der Waals surface area contributed by atoms with Gasteiger partial charge >= 0.3 is 6.09 Å². The monoisotopic (exact) mass is 333 g/mol. The van der Waals surface area contributed by atoms with Gasteiger partial charge in [-0.3, -0.25) is 0 Å². The topological polar surface area (TPSA) is 87.7 Å². The van der Waals surface area contributed by atoms with Gasteiger partial charge in [0.2, 0.25) is 0 Å². The average molecular weight is 333 g/mol. The van der Waals surface area contributed by atoms with Crippen LogP contribution in [0.2, 0.25) is 0 Å². The smallest absolute Gasteiger partial charge is 0.407 e. The van der Waals surface area contributed by atoms with Gasteiger partial charge in [-0.25, -0.2) is 4.79 Å². The minimum absolute atomic E-state index is 0.0370. The molecule has 1 heterocycles. The maximum Gasteiger partial charge on any atom is 0.407 e. The summed E-state index contributed by atoms with van der Waals surface area (Å²) in [5.74, 6) is 0. The molecule has 22 heavy (non-hydrogen) atoms. The molecule has 2 rings (SSSR count). The Morgan fingerprint density at radius 3 is 2.14 bits per heavy atom. The van der Waals surface area contributed by atoms with Crippen LogP contribution in [-0.2, 0) is 14.9 Å². The van der Waals surface area contributed by atoms with Gasteiger partial charge in [0.1, 0.15) is 5.60 Å². The number of carbonyl (C=O) groups excluding carboxylic acids is 1. The molecule has 1 amide bonds. The highest BCUT2D eigenvalue weighted by Gasteiger charge is 2.32. The molecule has 7 nitrogen and oxygen atoms in total. The summed E-state index contributed by atoms with van der Waals surface area (Å²) in [6, 6.07) is 0.0626. The van der Waals surface area contributed by atoms with Crippen LogP contribution >= 0.6 is 0 Å². The summed E-state index contributed by atoms with van der Waals surface area (Å²) in [6.45, 7) is 6.28. The Morgan fingerprint density at radius 1 is 1.09 bits per heavy atom. The fourth-order valence-corrected chi connectivity index (χ4v) is 4.02. The maximum atomic E-state index is 12.2. The molecule has 0 spiro atoms. The fourth-order valence-electron chi connectivity index (χ4n) is 2.53. The van der Waals surface area contributed by atoms with Gasteiger partial charge < -0.3 is 10.1 Å². The molecule has 2 aliphatic rings. The molecule has 8 heteroatoms. The summed E-state index contributed by atoms with van der Waals surface area (Å²) in [4.78, 5) is 11.7.